The van der Waals surface area contributed by atoms with Crippen molar-refractivity contribution in [2.24, 2.45) is 0 Å². The Labute approximate surface area is 164 Å². The van der Waals surface area contributed by atoms with E-state index in [0.717, 1.165) is 59.0 Å². The van der Waals surface area contributed by atoms with E-state index in [1.807, 2.05) is 42.5 Å². The van der Waals surface area contributed by atoms with Crippen molar-refractivity contribution in [3.8, 4) is 11.5 Å². The van der Waals surface area contributed by atoms with Gasteiger partial charge in [-0.2, -0.15) is 0 Å². The highest BCUT2D eigenvalue weighted by atomic mass is 35.5. The predicted octanol–water partition coefficient (Wildman–Crippen LogP) is 4.53. The number of ether oxygens (including phenoxy) is 1. The van der Waals surface area contributed by atoms with Crippen LogP contribution in [0.15, 0.2) is 54.6 Å². The van der Waals surface area contributed by atoms with Crippen molar-refractivity contribution in [3.63, 3.8) is 0 Å². The van der Waals surface area contributed by atoms with Crippen LogP contribution in [0.25, 0.3) is 10.8 Å². The largest absolute Gasteiger partial charge is 0.508 e. The van der Waals surface area contributed by atoms with E-state index in [4.69, 9.17) is 16.3 Å². The molecular formula is C22H23ClN2O2. The molecule has 1 N–H and O–H groups in total. The Kier molecular flexibility index (Phi) is 5.10. The predicted molar refractivity (Wildman–Crippen MR) is 111 cm³/mol. The Bertz CT molecular complexity index is 952. The Morgan fingerprint density at radius 1 is 1.00 bits per heavy atom. The number of nitrogens with zero attached hydrogens (tertiary/aromatic N) is 2. The van der Waals surface area contributed by atoms with Gasteiger partial charge >= 0.3 is 0 Å². The van der Waals surface area contributed by atoms with Crippen LogP contribution in [0.4, 0.5) is 5.69 Å². The first-order valence-corrected chi connectivity index (χ1v) is 9.54. The third-order valence-corrected chi connectivity index (χ3v) is 5.58. The zero-order valence-electron chi connectivity index (χ0n) is 15.4. The number of anilines is 1. The van der Waals surface area contributed by atoms with Gasteiger partial charge in [0, 0.05) is 38.3 Å². The van der Waals surface area contributed by atoms with Crippen LogP contribution in [0.5, 0.6) is 11.5 Å². The molecule has 1 heterocycles. The normalized spacial score (nSPS) is 15.3. The topological polar surface area (TPSA) is 35.9 Å². The first-order valence-electron chi connectivity index (χ1n) is 9.16. The maximum atomic E-state index is 10.5. The second-order valence-corrected chi connectivity index (χ2v) is 7.27. The second kappa shape index (κ2) is 7.67. The van der Waals surface area contributed by atoms with Gasteiger partial charge in [0.1, 0.15) is 11.5 Å². The van der Waals surface area contributed by atoms with E-state index in [-0.39, 0.29) is 0 Å². The lowest BCUT2D eigenvalue weighted by atomic mass is 10.0. The van der Waals surface area contributed by atoms with Crippen LogP contribution < -0.4 is 9.64 Å². The fraction of sp³-hybridized carbons (Fsp3) is 0.273. The number of rotatable bonds is 4. The number of para-hydroxylation sites is 1. The lowest BCUT2D eigenvalue weighted by Crippen LogP contribution is -2.46. The number of phenolic OH excluding ortho intramolecular Hbond substituents is 1. The Morgan fingerprint density at radius 3 is 2.48 bits per heavy atom. The molecule has 1 fully saturated rings. The number of benzene rings is 3. The molecule has 1 saturated heterocycles. The van der Waals surface area contributed by atoms with Gasteiger partial charge in [-0.15, -0.1) is 0 Å². The summed E-state index contributed by atoms with van der Waals surface area (Å²) >= 11 is 6.34. The van der Waals surface area contributed by atoms with E-state index in [1.54, 1.807) is 13.2 Å². The molecule has 0 unspecified atom stereocenters. The van der Waals surface area contributed by atoms with Crippen molar-refractivity contribution in [3.05, 3.63) is 65.2 Å². The molecule has 4 nitrogen and oxygen atoms in total. The molecule has 1 aliphatic rings. The summed E-state index contributed by atoms with van der Waals surface area (Å²) in [7, 11) is 1.66. The van der Waals surface area contributed by atoms with Gasteiger partial charge in [-0.25, -0.2) is 0 Å². The van der Waals surface area contributed by atoms with Crippen molar-refractivity contribution in [1.82, 2.24) is 4.90 Å². The third-order valence-electron chi connectivity index (χ3n) is 5.26. The van der Waals surface area contributed by atoms with Gasteiger partial charge in [-0.1, -0.05) is 35.9 Å². The molecule has 0 aliphatic carbocycles. The number of hydrogen-bond acceptors (Lipinski definition) is 4. The summed E-state index contributed by atoms with van der Waals surface area (Å²) in [5.74, 6) is 1.14. The molecule has 140 valence electrons. The SMILES string of the molecule is COc1ccc2ccc(O)c(CN3CCN(c4ccccc4Cl)CC3)c2c1. The summed E-state index contributed by atoms with van der Waals surface area (Å²) < 4.78 is 5.37. The molecule has 0 radical (unpaired) electrons. The van der Waals surface area contributed by atoms with Gasteiger partial charge in [-0.3, -0.25) is 4.90 Å². The molecule has 0 bridgehead atoms. The molecule has 3 aromatic carbocycles. The Hall–Kier alpha value is -2.43. The first kappa shape index (κ1) is 18.0. The quantitative estimate of drug-likeness (QED) is 0.719. The van der Waals surface area contributed by atoms with E-state index in [0.29, 0.717) is 12.3 Å². The molecule has 0 amide bonds. The maximum absolute atomic E-state index is 10.5. The van der Waals surface area contributed by atoms with E-state index in [2.05, 4.69) is 15.9 Å². The fourth-order valence-corrected chi connectivity index (χ4v) is 3.98. The summed E-state index contributed by atoms with van der Waals surface area (Å²) in [5.41, 5.74) is 2.05. The third kappa shape index (κ3) is 3.68. The van der Waals surface area contributed by atoms with Crippen LogP contribution in [0, 0.1) is 0 Å². The molecule has 27 heavy (non-hydrogen) atoms. The van der Waals surface area contributed by atoms with Gasteiger partial charge in [0.25, 0.3) is 0 Å². The molecule has 0 atom stereocenters. The minimum atomic E-state index is 0.337. The smallest absolute Gasteiger partial charge is 0.120 e. The Morgan fingerprint density at radius 2 is 1.74 bits per heavy atom. The minimum absolute atomic E-state index is 0.337. The van der Waals surface area contributed by atoms with Crippen molar-refractivity contribution in [2.45, 2.75) is 6.54 Å². The molecule has 0 aromatic heterocycles. The number of halogens is 1. The van der Waals surface area contributed by atoms with Gasteiger partial charge in [-0.05, 0) is 41.1 Å². The summed E-state index contributed by atoms with van der Waals surface area (Å²) in [6, 6.07) is 17.7. The Balaban J connectivity index is 1.52. The average molecular weight is 383 g/mol. The fourth-order valence-electron chi connectivity index (χ4n) is 3.72. The van der Waals surface area contributed by atoms with Crippen LogP contribution in [0.2, 0.25) is 5.02 Å². The highest BCUT2D eigenvalue weighted by molar-refractivity contribution is 6.33. The molecule has 3 aromatic rings. The van der Waals surface area contributed by atoms with Crippen LogP contribution in [0.1, 0.15) is 5.56 Å². The maximum Gasteiger partial charge on any atom is 0.120 e. The van der Waals surface area contributed by atoms with Crippen LogP contribution in [-0.2, 0) is 6.54 Å². The molecule has 0 saturated carbocycles. The lowest BCUT2D eigenvalue weighted by Gasteiger charge is -2.36. The molecule has 5 heteroatoms. The van der Waals surface area contributed by atoms with Crippen molar-refractivity contribution >= 4 is 28.1 Å². The second-order valence-electron chi connectivity index (χ2n) is 6.86. The summed E-state index contributed by atoms with van der Waals surface area (Å²) in [6.07, 6.45) is 0. The van der Waals surface area contributed by atoms with E-state index >= 15 is 0 Å². The van der Waals surface area contributed by atoms with Gasteiger partial charge < -0.3 is 14.7 Å². The molecule has 4 rings (SSSR count). The minimum Gasteiger partial charge on any atom is -0.508 e. The lowest BCUT2D eigenvalue weighted by molar-refractivity contribution is 0.247. The van der Waals surface area contributed by atoms with E-state index < -0.39 is 0 Å². The van der Waals surface area contributed by atoms with E-state index in [1.165, 1.54) is 0 Å². The average Bonchev–Trinajstić information content (AvgIpc) is 2.71. The van der Waals surface area contributed by atoms with Gasteiger partial charge in [0.05, 0.1) is 17.8 Å². The van der Waals surface area contributed by atoms with Crippen molar-refractivity contribution in [1.29, 1.82) is 0 Å². The standard InChI is InChI=1S/C22H23ClN2O2/c1-27-17-8-6-16-7-9-22(26)19(18(16)14-17)15-24-10-12-25(13-11-24)21-5-3-2-4-20(21)23/h2-9,14,26H,10-13,15H2,1H3. The van der Waals surface area contributed by atoms with Crippen molar-refractivity contribution in [2.75, 3.05) is 38.2 Å². The number of phenols is 1. The molecule has 1 aliphatic heterocycles. The number of fused-ring (bicyclic) bond motifs is 1. The summed E-state index contributed by atoms with van der Waals surface area (Å²) in [6.45, 7) is 4.39. The first-order chi connectivity index (χ1) is 13.2. The highest BCUT2D eigenvalue weighted by Gasteiger charge is 2.20. The van der Waals surface area contributed by atoms with Crippen molar-refractivity contribution < 1.29 is 9.84 Å². The summed E-state index contributed by atoms with van der Waals surface area (Å²) in [5, 5.41) is 13.4. The highest BCUT2D eigenvalue weighted by Crippen LogP contribution is 2.32. The monoisotopic (exact) mass is 382 g/mol. The van der Waals surface area contributed by atoms with Crippen LogP contribution in [-0.4, -0.2) is 43.3 Å². The van der Waals surface area contributed by atoms with Gasteiger partial charge in [0.2, 0.25) is 0 Å². The zero-order chi connectivity index (χ0) is 18.8. The number of piperazine rings is 1. The van der Waals surface area contributed by atoms with Crippen LogP contribution in [0.3, 0.4) is 0 Å². The number of aromatic hydroxyl groups is 1. The molecular weight excluding hydrogens is 360 g/mol. The van der Waals surface area contributed by atoms with Gasteiger partial charge in [0.15, 0.2) is 0 Å². The number of methoxy groups -OCH3 is 1. The molecule has 0 spiro atoms. The van der Waals surface area contributed by atoms with E-state index in [9.17, 15) is 5.11 Å². The number of hydrogen-bond donors (Lipinski definition) is 1. The summed E-state index contributed by atoms with van der Waals surface area (Å²) in [4.78, 5) is 4.70. The zero-order valence-corrected chi connectivity index (χ0v) is 16.1. The van der Waals surface area contributed by atoms with Crippen LogP contribution >= 0.6 is 11.6 Å².